The molecule has 2 N–H and O–H groups in total. The summed E-state index contributed by atoms with van der Waals surface area (Å²) in [6.07, 6.45) is 0. The Labute approximate surface area is 101 Å². The van der Waals surface area contributed by atoms with Crippen molar-refractivity contribution in [3.05, 3.63) is 65.2 Å². The summed E-state index contributed by atoms with van der Waals surface area (Å²) in [7, 11) is 0. The third kappa shape index (κ3) is 2.46. The van der Waals surface area contributed by atoms with E-state index in [-0.39, 0.29) is 5.92 Å². The van der Waals surface area contributed by atoms with Crippen molar-refractivity contribution in [2.24, 2.45) is 0 Å². The quantitative estimate of drug-likeness (QED) is 0.793. The molecule has 0 saturated carbocycles. The van der Waals surface area contributed by atoms with E-state index in [0.717, 1.165) is 11.1 Å². The van der Waals surface area contributed by atoms with Gasteiger partial charge in [0.05, 0.1) is 12.0 Å². The Balaban J connectivity index is 2.37. The number of nitriles is 1. The highest BCUT2D eigenvalue weighted by Gasteiger charge is 2.12. The molecule has 0 aromatic heterocycles. The molecule has 2 rings (SSSR count). The van der Waals surface area contributed by atoms with E-state index in [4.69, 9.17) is 5.73 Å². The molecule has 0 bridgehead atoms. The average Bonchev–Trinajstić information content (AvgIpc) is 2.35. The van der Waals surface area contributed by atoms with Crippen molar-refractivity contribution in [2.45, 2.75) is 12.8 Å². The highest BCUT2D eigenvalue weighted by molar-refractivity contribution is 5.45. The van der Waals surface area contributed by atoms with Gasteiger partial charge in [-0.3, -0.25) is 0 Å². The van der Waals surface area contributed by atoms with Crippen LogP contribution in [0.1, 0.15) is 22.6 Å². The third-order valence-corrected chi connectivity index (χ3v) is 2.81. The summed E-state index contributed by atoms with van der Waals surface area (Å²) < 4.78 is 0. The summed E-state index contributed by atoms with van der Waals surface area (Å²) >= 11 is 0. The predicted molar refractivity (Wildman–Crippen MR) is 69.5 cm³/mol. The van der Waals surface area contributed by atoms with E-state index >= 15 is 0 Å². The number of nitrogens with zero attached hydrogens (tertiary/aromatic N) is 1. The molecule has 0 heterocycles. The van der Waals surface area contributed by atoms with E-state index in [1.807, 2.05) is 55.5 Å². The lowest BCUT2D eigenvalue weighted by Gasteiger charge is -2.10. The predicted octanol–water partition coefficient (Wildman–Crippen LogP) is 3.23. The van der Waals surface area contributed by atoms with Gasteiger partial charge in [0.25, 0.3) is 0 Å². The highest BCUT2D eigenvalue weighted by atomic mass is 14.5. The minimum Gasteiger partial charge on any atom is -0.399 e. The minimum absolute atomic E-state index is 0.226. The van der Waals surface area contributed by atoms with Gasteiger partial charge < -0.3 is 5.73 Å². The number of hydrogen-bond acceptors (Lipinski definition) is 2. The van der Waals surface area contributed by atoms with Crippen LogP contribution >= 0.6 is 0 Å². The molecule has 0 aliphatic carbocycles. The highest BCUT2D eigenvalue weighted by Crippen LogP contribution is 2.24. The lowest BCUT2D eigenvalue weighted by molar-refractivity contribution is 1.04. The van der Waals surface area contributed by atoms with E-state index in [2.05, 4.69) is 6.07 Å². The number of rotatable bonds is 2. The Morgan fingerprint density at radius 2 is 1.41 bits per heavy atom. The van der Waals surface area contributed by atoms with Gasteiger partial charge in [0.1, 0.15) is 0 Å². The van der Waals surface area contributed by atoms with Gasteiger partial charge in [0.15, 0.2) is 0 Å². The topological polar surface area (TPSA) is 49.8 Å². The molecule has 2 aromatic carbocycles. The van der Waals surface area contributed by atoms with Gasteiger partial charge in [-0.2, -0.15) is 5.26 Å². The van der Waals surface area contributed by atoms with Gasteiger partial charge >= 0.3 is 0 Å². The lowest BCUT2D eigenvalue weighted by atomic mass is 9.92. The molecule has 0 spiro atoms. The number of benzene rings is 2. The molecule has 0 saturated heterocycles. The van der Waals surface area contributed by atoms with E-state index in [9.17, 15) is 5.26 Å². The van der Waals surface area contributed by atoms with Crippen LogP contribution in [0.2, 0.25) is 0 Å². The van der Waals surface area contributed by atoms with Crippen molar-refractivity contribution < 1.29 is 0 Å². The van der Waals surface area contributed by atoms with Crippen molar-refractivity contribution in [3.8, 4) is 6.07 Å². The molecule has 2 aromatic rings. The maximum absolute atomic E-state index is 9.29. The summed E-state index contributed by atoms with van der Waals surface area (Å²) in [6.45, 7) is 2.04. The third-order valence-electron chi connectivity index (χ3n) is 2.81. The van der Waals surface area contributed by atoms with Crippen LogP contribution in [0.25, 0.3) is 0 Å². The first-order chi connectivity index (χ1) is 8.20. The normalized spacial score (nSPS) is 11.8. The fraction of sp³-hybridized carbons (Fsp3) is 0.133. The van der Waals surface area contributed by atoms with Gasteiger partial charge in [-0.1, -0.05) is 42.0 Å². The summed E-state index contributed by atoms with van der Waals surface area (Å²) in [5, 5.41) is 9.29. The summed E-state index contributed by atoms with van der Waals surface area (Å²) in [5.41, 5.74) is 9.55. The second-order valence-corrected chi connectivity index (χ2v) is 4.14. The summed E-state index contributed by atoms with van der Waals surface area (Å²) in [4.78, 5) is 0. The first kappa shape index (κ1) is 11.2. The lowest BCUT2D eigenvalue weighted by Crippen LogP contribution is -1.98. The molecule has 1 atom stereocenters. The zero-order chi connectivity index (χ0) is 12.3. The molecule has 1 unspecified atom stereocenters. The van der Waals surface area contributed by atoms with Crippen LogP contribution in [0, 0.1) is 18.3 Å². The van der Waals surface area contributed by atoms with E-state index < -0.39 is 0 Å². The molecule has 0 fully saturated rings. The average molecular weight is 222 g/mol. The van der Waals surface area contributed by atoms with Crippen LogP contribution < -0.4 is 5.73 Å². The molecule has 2 heteroatoms. The molecule has 0 aliphatic rings. The fourth-order valence-corrected chi connectivity index (χ4v) is 1.79. The Morgan fingerprint density at radius 1 is 0.941 bits per heavy atom. The van der Waals surface area contributed by atoms with Crippen LogP contribution in [0.3, 0.4) is 0 Å². The standard InChI is InChI=1S/C15H14N2/c1-11-2-4-12(5-3-11)15(10-16)13-6-8-14(17)9-7-13/h2-9,15H,17H2,1H3. The van der Waals surface area contributed by atoms with Crippen LogP contribution in [0.5, 0.6) is 0 Å². The maximum Gasteiger partial charge on any atom is 0.0962 e. The van der Waals surface area contributed by atoms with Crippen molar-refractivity contribution in [2.75, 3.05) is 5.73 Å². The van der Waals surface area contributed by atoms with Gasteiger partial charge in [-0.05, 0) is 30.2 Å². The second kappa shape index (κ2) is 4.71. The number of anilines is 1. The van der Waals surface area contributed by atoms with E-state index in [1.165, 1.54) is 5.56 Å². The van der Waals surface area contributed by atoms with Crippen molar-refractivity contribution in [1.29, 1.82) is 5.26 Å². The van der Waals surface area contributed by atoms with Crippen LogP contribution in [0.4, 0.5) is 5.69 Å². The molecule has 17 heavy (non-hydrogen) atoms. The Morgan fingerprint density at radius 3 is 1.88 bits per heavy atom. The smallest absolute Gasteiger partial charge is 0.0962 e. The Bertz CT molecular complexity index is 487. The van der Waals surface area contributed by atoms with Crippen molar-refractivity contribution in [1.82, 2.24) is 0 Å². The SMILES string of the molecule is Cc1ccc(C(C#N)c2ccc(N)cc2)cc1. The second-order valence-electron chi connectivity index (χ2n) is 4.14. The molecule has 84 valence electrons. The van der Waals surface area contributed by atoms with Gasteiger partial charge in [0, 0.05) is 5.69 Å². The molecule has 0 radical (unpaired) electrons. The maximum atomic E-state index is 9.29. The summed E-state index contributed by atoms with van der Waals surface area (Å²) in [6, 6.07) is 17.8. The molecule has 0 amide bonds. The number of nitrogens with two attached hydrogens (primary N) is 1. The van der Waals surface area contributed by atoms with Crippen molar-refractivity contribution >= 4 is 5.69 Å². The van der Waals surface area contributed by atoms with Crippen LogP contribution in [-0.4, -0.2) is 0 Å². The molecular weight excluding hydrogens is 208 g/mol. The minimum atomic E-state index is -0.226. The first-order valence-electron chi connectivity index (χ1n) is 5.52. The van der Waals surface area contributed by atoms with Crippen LogP contribution in [-0.2, 0) is 0 Å². The summed E-state index contributed by atoms with van der Waals surface area (Å²) in [5.74, 6) is -0.226. The van der Waals surface area contributed by atoms with E-state index in [0.29, 0.717) is 5.69 Å². The van der Waals surface area contributed by atoms with Gasteiger partial charge in [0.2, 0.25) is 0 Å². The van der Waals surface area contributed by atoms with Crippen LogP contribution in [0.15, 0.2) is 48.5 Å². The first-order valence-corrected chi connectivity index (χ1v) is 5.52. The monoisotopic (exact) mass is 222 g/mol. The molecular formula is C15H14N2. The van der Waals surface area contributed by atoms with Gasteiger partial charge in [-0.25, -0.2) is 0 Å². The fourth-order valence-electron chi connectivity index (χ4n) is 1.79. The number of hydrogen-bond donors (Lipinski definition) is 1. The zero-order valence-electron chi connectivity index (χ0n) is 9.72. The Kier molecular flexibility index (Phi) is 3.11. The molecule has 2 nitrogen and oxygen atoms in total. The van der Waals surface area contributed by atoms with Gasteiger partial charge in [-0.15, -0.1) is 0 Å². The Hall–Kier alpha value is -2.27. The molecule has 0 aliphatic heterocycles. The largest absolute Gasteiger partial charge is 0.399 e. The number of aryl methyl sites for hydroxylation is 1. The zero-order valence-corrected chi connectivity index (χ0v) is 9.72. The number of nitrogen functional groups attached to an aromatic ring is 1. The van der Waals surface area contributed by atoms with E-state index in [1.54, 1.807) is 0 Å². The van der Waals surface area contributed by atoms with Crippen molar-refractivity contribution in [3.63, 3.8) is 0 Å².